The first-order chi connectivity index (χ1) is 9.93. The van der Waals surface area contributed by atoms with Gasteiger partial charge in [-0.15, -0.1) is 6.58 Å². The molecule has 1 amide bonds. The quantitative estimate of drug-likeness (QED) is 0.668. The minimum absolute atomic E-state index is 0.0750. The summed E-state index contributed by atoms with van der Waals surface area (Å²) in [6, 6.07) is -1.11. The van der Waals surface area contributed by atoms with Crippen molar-refractivity contribution in [2.75, 3.05) is 0 Å². The number of amides is 1. The van der Waals surface area contributed by atoms with Gasteiger partial charge in [0.1, 0.15) is 17.4 Å². The normalized spacial score (nSPS) is 15.3. The zero-order chi connectivity index (χ0) is 15.6. The summed E-state index contributed by atoms with van der Waals surface area (Å²) in [5.41, 5.74) is -0.375. The molecule has 7 heteroatoms. The number of rotatable bonds is 6. The van der Waals surface area contributed by atoms with Crippen LogP contribution in [0, 0.1) is 6.92 Å². The molecule has 21 heavy (non-hydrogen) atoms. The highest BCUT2D eigenvalue weighted by Crippen LogP contribution is 2.37. The third kappa shape index (κ3) is 3.36. The molecule has 0 bridgehead atoms. The number of hydrogen-bond donors (Lipinski definition) is 3. The van der Waals surface area contributed by atoms with Gasteiger partial charge in [0, 0.05) is 5.92 Å². The molecular weight excluding hydrogens is 274 g/mol. The van der Waals surface area contributed by atoms with Crippen molar-refractivity contribution in [1.82, 2.24) is 15.3 Å². The van der Waals surface area contributed by atoms with E-state index < -0.39 is 23.5 Å². The second-order valence-electron chi connectivity index (χ2n) is 5.07. The third-order valence-electron chi connectivity index (χ3n) is 3.32. The van der Waals surface area contributed by atoms with Crippen LogP contribution in [0.1, 0.15) is 47.1 Å². The highest BCUT2D eigenvalue weighted by atomic mass is 16.4. The molecule has 0 saturated heterocycles. The molecule has 3 N–H and O–H groups in total. The summed E-state index contributed by atoms with van der Waals surface area (Å²) in [7, 11) is 0. The van der Waals surface area contributed by atoms with Crippen LogP contribution in [-0.2, 0) is 4.79 Å². The zero-order valence-corrected chi connectivity index (χ0v) is 11.7. The van der Waals surface area contributed by atoms with E-state index in [0.717, 1.165) is 12.8 Å². The number of carbonyl (C=O) groups is 2. The van der Waals surface area contributed by atoms with Gasteiger partial charge in [0.25, 0.3) is 11.5 Å². The van der Waals surface area contributed by atoms with Crippen molar-refractivity contribution < 1.29 is 14.7 Å². The van der Waals surface area contributed by atoms with Gasteiger partial charge in [0.05, 0.1) is 5.69 Å². The topological polar surface area (TPSA) is 112 Å². The summed E-state index contributed by atoms with van der Waals surface area (Å²) in [4.78, 5) is 42.0. The lowest BCUT2D eigenvalue weighted by Crippen LogP contribution is -2.42. The van der Waals surface area contributed by atoms with Crippen LogP contribution in [0.15, 0.2) is 17.4 Å². The van der Waals surface area contributed by atoms with E-state index in [1.807, 2.05) is 0 Å². The van der Waals surface area contributed by atoms with Gasteiger partial charge in [-0.25, -0.2) is 9.78 Å². The average molecular weight is 291 g/mol. The number of aliphatic carboxylic acids is 1. The van der Waals surface area contributed by atoms with Crippen LogP contribution in [0.2, 0.25) is 0 Å². The van der Waals surface area contributed by atoms with Crippen LogP contribution in [0.3, 0.4) is 0 Å². The Morgan fingerprint density at radius 3 is 2.71 bits per heavy atom. The van der Waals surface area contributed by atoms with E-state index in [4.69, 9.17) is 5.11 Å². The summed E-state index contributed by atoms with van der Waals surface area (Å²) in [6.45, 7) is 5.01. The largest absolute Gasteiger partial charge is 0.480 e. The average Bonchev–Trinajstić information content (AvgIpc) is 3.21. The molecule has 1 heterocycles. The molecule has 0 radical (unpaired) electrons. The Hall–Kier alpha value is -2.44. The molecule has 1 unspecified atom stereocenters. The molecule has 2 rings (SSSR count). The minimum atomic E-state index is -1.18. The van der Waals surface area contributed by atoms with Gasteiger partial charge >= 0.3 is 5.97 Å². The number of aryl methyl sites for hydroxylation is 1. The van der Waals surface area contributed by atoms with Crippen molar-refractivity contribution in [3.63, 3.8) is 0 Å². The molecule has 7 nitrogen and oxygen atoms in total. The Morgan fingerprint density at radius 2 is 2.24 bits per heavy atom. The molecule has 1 aromatic rings. The van der Waals surface area contributed by atoms with Crippen molar-refractivity contribution in [2.24, 2.45) is 0 Å². The van der Waals surface area contributed by atoms with Crippen LogP contribution in [0.5, 0.6) is 0 Å². The smallest absolute Gasteiger partial charge is 0.326 e. The molecule has 1 aromatic heterocycles. The van der Waals surface area contributed by atoms with Gasteiger partial charge in [0.2, 0.25) is 0 Å². The number of carboxylic acids is 1. The van der Waals surface area contributed by atoms with Gasteiger partial charge < -0.3 is 15.4 Å². The number of nitrogens with one attached hydrogen (secondary N) is 2. The predicted octanol–water partition coefficient (Wildman–Crippen LogP) is 0.715. The second-order valence-corrected chi connectivity index (χ2v) is 5.07. The molecule has 1 atom stereocenters. The monoisotopic (exact) mass is 291 g/mol. The maximum Gasteiger partial charge on any atom is 0.326 e. The molecule has 112 valence electrons. The van der Waals surface area contributed by atoms with Crippen LogP contribution in [-0.4, -0.2) is 33.0 Å². The molecule has 1 fully saturated rings. The highest BCUT2D eigenvalue weighted by Gasteiger charge is 2.28. The fourth-order valence-corrected chi connectivity index (χ4v) is 2.04. The number of carbonyl (C=O) groups excluding carboxylic acids is 1. The fraction of sp³-hybridized carbons (Fsp3) is 0.429. The van der Waals surface area contributed by atoms with Gasteiger partial charge in [-0.1, -0.05) is 6.08 Å². The summed E-state index contributed by atoms with van der Waals surface area (Å²) in [5, 5.41) is 11.3. The summed E-state index contributed by atoms with van der Waals surface area (Å²) in [5.74, 6) is -1.06. The van der Waals surface area contributed by atoms with Crippen molar-refractivity contribution in [2.45, 2.75) is 38.1 Å². The Labute approximate surface area is 121 Å². The lowest BCUT2D eigenvalue weighted by Gasteiger charge is -2.13. The van der Waals surface area contributed by atoms with Crippen LogP contribution >= 0.6 is 0 Å². The van der Waals surface area contributed by atoms with E-state index in [-0.39, 0.29) is 17.9 Å². The maximum absolute atomic E-state index is 12.1. The summed E-state index contributed by atoms with van der Waals surface area (Å²) >= 11 is 0. The first kappa shape index (κ1) is 15.0. The van der Waals surface area contributed by atoms with Crippen molar-refractivity contribution in [1.29, 1.82) is 0 Å². The number of aromatic nitrogens is 2. The number of carboxylic acid groups (broad SMARTS) is 1. The third-order valence-corrected chi connectivity index (χ3v) is 3.32. The molecule has 1 saturated carbocycles. The van der Waals surface area contributed by atoms with Gasteiger partial charge in [-0.3, -0.25) is 9.59 Å². The number of nitrogens with zero attached hydrogens (tertiary/aromatic N) is 1. The van der Waals surface area contributed by atoms with Crippen molar-refractivity contribution in [3.05, 3.63) is 40.1 Å². The molecular formula is C14H17N3O4. The first-order valence-electron chi connectivity index (χ1n) is 6.69. The molecule has 0 aromatic carbocycles. The van der Waals surface area contributed by atoms with E-state index in [0.29, 0.717) is 11.5 Å². The number of H-pyrrole nitrogens is 1. The molecule has 1 aliphatic rings. The van der Waals surface area contributed by atoms with Crippen molar-refractivity contribution in [3.8, 4) is 0 Å². The molecule has 0 spiro atoms. The Balaban J connectivity index is 2.24. The first-order valence-corrected chi connectivity index (χ1v) is 6.69. The Kier molecular flexibility index (Phi) is 4.21. The van der Waals surface area contributed by atoms with E-state index in [1.54, 1.807) is 6.92 Å². The van der Waals surface area contributed by atoms with Crippen LogP contribution in [0.25, 0.3) is 0 Å². The second kappa shape index (κ2) is 5.90. The lowest BCUT2D eigenvalue weighted by molar-refractivity contribution is -0.139. The van der Waals surface area contributed by atoms with E-state index >= 15 is 0 Å². The standard InChI is InChI=1S/C14H17N3O4/c1-3-4-9(14(20)21)16-12(18)10-7(2)15-11(8-5-6-8)17-13(10)19/h3,8-9H,1,4-6H2,2H3,(H,16,18)(H,20,21)(H,15,17,19). The number of aromatic amines is 1. The highest BCUT2D eigenvalue weighted by molar-refractivity contribution is 5.97. The zero-order valence-electron chi connectivity index (χ0n) is 11.7. The Morgan fingerprint density at radius 1 is 1.57 bits per heavy atom. The summed E-state index contributed by atoms with van der Waals surface area (Å²) in [6.07, 6.45) is 3.43. The van der Waals surface area contributed by atoms with E-state index in [1.165, 1.54) is 6.08 Å². The molecule has 0 aliphatic heterocycles. The van der Waals surface area contributed by atoms with Crippen LogP contribution in [0.4, 0.5) is 0 Å². The van der Waals surface area contributed by atoms with Gasteiger partial charge in [-0.2, -0.15) is 0 Å². The van der Waals surface area contributed by atoms with E-state index in [2.05, 4.69) is 21.9 Å². The lowest BCUT2D eigenvalue weighted by atomic mass is 10.1. The van der Waals surface area contributed by atoms with Crippen molar-refractivity contribution >= 4 is 11.9 Å². The fourth-order valence-electron chi connectivity index (χ4n) is 2.04. The SMILES string of the molecule is C=CCC(NC(=O)c1c(C)nc(C2CC2)[nH]c1=O)C(=O)O. The van der Waals surface area contributed by atoms with E-state index in [9.17, 15) is 14.4 Å². The van der Waals surface area contributed by atoms with Crippen LogP contribution < -0.4 is 10.9 Å². The maximum atomic E-state index is 12.1. The Bertz CT molecular complexity index is 646. The summed E-state index contributed by atoms with van der Waals surface area (Å²) < 4.78 is 0. The number of hydrogen-bond acceptors (Lipinski definition) is 4. The predicted molar refractivity (Wildman–Crippen MR) is 75.3 cm³/mol. The molecule has 1 aliphatic carbocycles. The van der Waals surface area contributed by atoms with Gasteiger partial charge in [0.15, 0.2) is 0 Å². The van der Waals surface area contributed by atoms with Gasteiger partial charge in [-0.05, 0) is 26.2 Å². The minimum Gasteiger partial charge on any atom is -0.480 e.